The molecule has 0 aliphatic heterocycles. The van der Waals surface area contributed by atoms with Gasteiger partial charge in [0.25, 0.3) is 0 Å². The zero-order valence-electron chi connectivity index (χ0n) is 14.3. The smallest absolute Gasteiger partial charge is 0.102 e. The lowest BCUT2D eigenvalue weighted by Gasteiger charge is -2.01. The normalized spacial score (nSPS) is 11.0. The van der Waals surface area contributed by atoms with E-state index in [0.717, 1.165) is 28.2 Å². The number of pyridine rings is 1. The van der Waals surface area contributed by atoms with E-state index in [9.17, 15) is 0 Å². The summed E-state index contributed by atoms with van der Waals surface area (Å²) in [5.41, 5.74) is 7.58. The number of nitrogens with one attached hydrogen (secondary N) is 1. The average Bonchev–Trinajstić information content (AvgIpc) is 3.14. The van der Waals surface area contributed by atoms with Gasteiger partial charge in [-0.25, -0.2) is 4.68 Å². The molecule has 0 spiro atoms. The summed E-state index contributed by atoms with van der Waals surface area (Å²) in [6.45, 7) is 0. The topological polar surface area (TPSA) is 55.1 Å². The SMILES string of the molecule is Clc1ccc(-n2cc(/C=N/Nc3ccncc3)c(-c3ccccc3)n2)cc1. The van der Waals surface area contributed by atoms with Crippen LogP contribution in [0, 0.1) is 0 Å². The summed E-state index contributed by atoms with van der Waals surface area (Å²) in [6.07, 6.45) is 7.14. The Morgan fingerprint density at radius 3 is 2.41 bits per heavy atom. The summed E-state index contributed by atoms with van der Waals surface area (Å²) in [6, 6.07) is 21.3. The van der Waals surface area contributed by atoms with Crippen molar-refractivity contribution in [3.8, 4) is 16.9 Å². The minimum Gasteiger partial charge on any atom is -0.278 e. The first kappa shape index (κ1) is 17.0. The summed E-state index contributed by atoms with van der Waals surface area (Å²) in [5, 5.41) is 9.78. The molecule has 0 aliphatic rings. The van der Waals surface area contributed by atoms with E-state index in [2.05, 4.69) is 15.5 Å². The van der Waals surface area contributed by atoms with Gasteiger partial charge in [0.05, 0.1) is 17.6 Å². The second-order valence-electron chi connectivity index (χ2n) is 5.83. The predicted octanol–water partition coefficient (Wildman–Crippen LogP) is 5.03. The Bertz CT molecular complexity index is 1040. The molecule has 0 unspecified atom stereocenters. The predicted molar refractivity (Wildman–Crippen MR) is 109 cm³/mol. The number of hydrogen-bond donors (Lipinski definition) is 1. The van der Waals surface area contributed by atoms with Gasteiger partial charge in [-0.15, -0.1) is 0 Å². The van der Waals surface area contributed by atoms with Crippen LogP contribution in [0.3, 0.4) is 0 Å². The van der Waals surface area contributed by atoms with Crippen LogP contribution in [-0.2, 0) is 0 Å². The molecular formula is C21H16ClN5. The Kier molecular flexibility index (Phi) is 4.94. The van der Waals surface area contributed by atoms with Crippen molar-refractivity contribution in [2.45, 2.75) is 0 Å². The number of aromatic nitrogens is 3. The van der Waals surface area contributed by atoms with Gasteiger partial charge in [-0.3, -0.25) is 10.4 Å². The van der Waals surface area contributed by atoms with Crippen molar-refractivity contribution in [1.82, 2.24) is 14.8 Å². The van der Waals surface area contributed by atoms with Crippen molar-refractivity contribution in [3.63, 3.8) is 0 Å². The summed E-state index contributed by atoms with van der Waals surface area (Å²) in [5.74, 6) is 0. The highest BCUT2D eigenvalue weighted by molar-refractivity contribution is 6.30. The van der Waals surface area contributed by atoms with Gasteiger partial charge in [-0.05, 0) is 36.4 Å². The Labute approximate surface area is 162 Å². The molecule has 0 amide bonds. The van der Waals surface area contributed by atoms with E-state index in [1.165, 1.54) is 0 Å². The quantitative estimate of drug-likeness (QED) is 0.394. The first-order chi connectivity index (χ1) is 13.3. The molecule has 0 atom stereocenters. The molecule has 0 fully saturated rings. The minimum absolute atomic E-state index is 0.692. The molecule has 4 rings (SSSR count). The fourth-order valence-electron chi connectivity index (χ4n) is 2.63. The summed E-state index contributed by atoms with van der Waals surface area (Å²) < 4.78 is 1.83. The molecule has 0 saturated carbocycles. The molecule has 1 N–H and O–H groups in total. The molecule has 4 aromatic rings. The number of hydrazone groups is 1. The van der Waals surface area contributed by atoms with Crippen LogP contribution in [0.25, 0.3) is 16.9 Å². The molecule has 0 aliphatic carbocycles. The van der Waals surface area contributed by atoms with E-state index in [1.807, 2.05) is 77.6 Å². The highest BCUT2D eigenvalue weighted by atomic mass is 35.5. The van der Waals surface area contributed by atoms with Crippen molar-refractivity contribution in [2.24, 2.45) is 5.10 Å². The van der Waals surface area contributed by atoms with Gasteiger partial charge in [0, 0.05) is 34.7 Å². The van der Waals surface area contributed by atoms with Crippen LogP contribution in [0.15, 0.2) is 90.4 Å². The molecule has 2 heterocycles. The highest BCUT2D eigenvalue weighted by Crippen LogP contribution is 2.23. The maximum Gasteiger partial charge on any atom is 0.102 e. The highest BCUT2D eigenvalue weighted by Gasteiger charge is 2.11. The lowest BCUT2D eigenvalue weighted by atomic mass is 10.1. The van der Waals surface area contributed by atoms with Gasteiger partial charge in [-0.1, -0.05) is 41.9 Å². The van der Waals surface area contributed by atoms with Gasteiger partial charge in [0.2, 0.25) is 0 Å². The van der Waals surface area contributed by atoms with Crippen molar-refractivity contribution in [2.75, 3.05) is 5.43 Å². The third-order valence-electron chi connectivity index (χ3n) is 3.96. The van der Waals surface area contributed by atoms with Crippen LogP contribution in [-0.4, -0.2) is 21.0 Å². The van der Waals surface area contributed by atoms with Gasteiger partial charge in [0.15, 0.2) is 0 Å². The second kappa shape index (κ2) is 7.85. The molecule has 0 saturated heterocycles. The van der Waals surface area contributed by atoms with Crippen molar-refractivity contribution < 1.29 is 0 Å². The Hall–Kier alpha value is -3.44. The zero-order chi connectivity index (χ0) is 18.5. The maximum atomic E-state index is 5.99. The first-order valence-corrected chi connectivity index (χ1v) is 8.77. The summed E-state index contributed by atoms with van der Waals surface area (Å²) >= 11 is 5.99. The zero-order valence-corrected chi connectivity index (χ0v) is 15.1. The van der Waals surface area contributed by atoms with E-state index >= 15 is 0 Å². The standard InChI is InChI=1S/C21H16ClN5/c22-18-6-8-20(9-7-18)27-15-17(14-24-25-19-10-12-23-13-11-19)21(26-27)16-4-2-1-3-5-16/h1-15H,(H,23,25)/b24-14+. The van der Waals surface area contributed by atoms with Crippen LogP contribution >= 0.6 is 11.6 Å². The second-order valence-corrected chi connectivity index (χ2v) is 6.26. The van der Waals surface area contributed by atoms with E-state index in [4.69, 9.17) is 16.7 Å². The Morgan fingerprint density at radius 2 is 1.67 bits per heavy atom. The molecule has 2 aromatic heterocycles. The number of anilines is 1. The number of benzene rings is 2. The molecule has 0 radical (unpaired) electrons. The Morgan fingerprint density at radius 1 is 0.926 bits per heavy atom. The van der Waals surface area contributed by atoms with Crippen molar-refractivity contribution in [3.05, 3.63) is 95.9 Å². The average molecular weight is 374 g/mol. The molecule has 5 nitrogen and oxygen atoms in total. The molecule has 132 valence electrons. The van der Waals surface area contributed by atoms with Crippen molar-refractivity contribution in [1.29, 1.82) is 0 Å². The van der Waals surface area contributed by atoms with E-state index in [0.29, 0.717) is 5.02 Å². The lowest BCUT2D eigenvalue weighted by Crippen LogP contribution is -1.94. The number of halogens is 1. The van der Waals surface area contributed by atoms with Gasteiger partial charge >= 0.3 is 0 Å². The van der Waals surface area contributed by atoms with Gasteiger partial charge < -0.3 is 0 Å². The Balaban J connectivity index is 1.69. The molecule has 27 heavy (non-hydrogen) atoms. The van der Waals surface area contributed by atoms with Gasteiger partial charge in [0.1, 0.15) is 5.69 Å². The van der Waals surface area contributed by atoms with Crippen LogP contribution < -0.4 is 5.43 Å². The van der Waals surface area contributed by atoms with Crippen molar-refractivity contribution >= 4 is 23.5 Å². The molecule has 0 bridgehead atoms. The van der Waals surface area contributed by atoms with Crippen LogP contribution in [0.1, 0.15) is 5.56 Å². The number of rotatable bonds is 5. The largest absolute Gasteiger partial charge is 0.278 e. The minimum atomic E-state index is 0.692. The summed E-state index contributed by atoms with van der Waals surface area (Å²) in [4.78, 5) is 3.99. The third kappa shape index (κ3) is 4.04. The lowest BCUT2D eigenvalue weighted by molar-refractivity contribution is 0.884. The van der Waals surface area contributed by atoms with Crippen LogP contribution in [0.5, 0.6) is 0 Å². The summed E-state index contributed by atoms with van der Waals surface area (Å²) in [7, 11) is 0. The van der Waals surface area contributed by atoms with E-state index < -0.39 is 0 Å². The molecular weight excluding hydrogens is 358 g/mol. The molecule has 6 heteroatoms. The van der Waals surface area contributed by atoms with Crippen LogP contribution in [0.2, 0.25) is 5.02 Å². The van der Waals surface area contributed by atoms with Crippen LogP contribution in [0.4, 0.5) is 5.69 Å². The van der Waals surface area contributed by atoms with Gasteiger partial charge in [-0.2, -0.15) is 10.2 Å². The third-order valence-corrected chi connectivity index (χ3v) is 4.21. The number of nitrogens with zero attached hydrogens (tertiary/aromatic N) is 4. The van der Waals surface area contributed by atoms with E-state index in [-0.39, 0.29) is 0 Å². The maximum absolute atomic E-state index is 5.99. The fraction of sp³-hybridized carbons (Fsp3) is 0. The monoisotopic (exact) mass is 373 g/mol. The molecule has 2 aromatic carbocycles. The fourth-order valence-corrected chi connectivity index (χ4v) is 2.76. The van der Waals surface area contributed by atoms with E-state index in [1.54, 1.807) is 18.6 Å². The number of hydrogen-bond acceptors (Lipinski definition) is 4. The first-order valence-electron chi connectivity index (χ1n) is 8.40.